The molecular formula is C19H24N6O2. The maximum Gasteiger partial charge on any atom is 0.324 e. The predicted molar refractivity (Wildman–Crippen MR) is 104 cm³/mol. The summed E-state index contributed by atoms with van der Waals surface area (Å²) in [5.74, 6) is 0.441. The number of amides is 2. The normalized spacial score (nSPS) is 19.4. The molecule has 2 heterocycles. The molecule has 2 N–H and O–H groups in total. The van der Waals surface area contributed by atoms with E-state index >= 15 is 0 Å². The van der Waals surface area contributed by atoms with Gasteiger partial charge in [0.15, 0.2) is 5.82 Å². The molecule has 1 aliphatic heterocycles. The number of anilines is 3. The van der Waals surface area contributed by atoms with Crippen LogP contribution in [0.15, 0.2) is 36.5 Å². The van der Waals surface area contributed by atoms with Gasteiger partial charge in [0.25, 0.3) is 0 Å². The summed E-state index contributed by atoms with van der Waals surface area (Å²) in [5.41, 5.74) is 1.70. The number of rotatable bonds is 5. The van der Waals surface area contributed by atoms with Crippen molar-refractivity contribution in [3.05, 3.63) is 36.5 Å². The first-order valence-electron chi connectivity index (χ1n) is 9.03. The number of morpholine rings is 1. The van der Waals surface area contributed by atoms with Crippen LogP contribution in [0, 0.1) is 11.3 Å². The molecule has 0 bridgehead atoms. The van der Waals surface area contributed by atoms with Crippen molar-refractivity contribution in [1.82, 2.24) is 9.78 Å². The van der Waals surface area contributed by atoms with Crippen LogP contribution in [0.4, 0.5) is 22.0 Å². The van der Waals surface area contributed by atoms with E-state index in [1.165, 1.54) is 0 Å². The van der Waals surface area contributed by atoms with Gasteiger partial charge in [-0.25, -0.2) is 4.79 Å². The van der Waals surface area contributed by atoms with Crippen molar-refractivity contribution in [2.75, 3.05) is 28.6 Å². The monoisotopic (exact) mass is 368 g/mol. The highest BCUT2D eigenvalue weighted by molar-refractivity contribution is 6.01. The van der Waals surface area contributed by atoms with Gasteiger partial charge in [-0.15, -0.1) is 0 Å². The van der Waals surface area contributed by atoms with Crippen molar-refractivity contribution in [3.63, 3.8) is 0 Å². The third-order valence-corrected chi connectivity index (χ3v) is 4.25. The van der Waals surface area contributed by atoms with Gasteiger partial charge in [-0.3, -0.25) is 10.00 Å². The average Bonchev–Trinajstić information content (AvgIpc) is 3.06. The minimum Gasteiger partial charge on any atom is -0.372 e. The lowest BCUT2D eigenvalue weighted by Crippen LogP contribution is -2.45. The van der Waals surface area contributed by atoms with Crippen LogP contribution in [-0.4, -0.2) is 41.1 Å². The number of hydrogen-bond acceptors (Lipinski definition) is 5. The lowest BCUT2D eigenvalue weighted by atomic mass is 10.1. The summed E-state index contributed by atoms with van der Waals surface area (Å²) >= 11 is 0. The number of ether oxygens (including phenoxy) is 1. The number of aryl methyl sites for hydroxylation is 1. The highest BCUT2D eigenvalue weighted by Gasteiger charge is 2.24. The van der Waals surface area contributed by atoms with Gasteiger partial charge in [-0.05, 0) is 26.0 Å². The Bertz CT molecular complexity index is 818. The first-order chi connectivity index (χ1) is 13.0. The standard InChI is InChI=1S/C19H24N6O2/c1-14-12-24(13-15(2)27-14)17-7-4-3-6-16(17)21-19(26)22-18-8-11-25(23-18)10-5-9-20/h3-4,6-8,11,14-15H,5,10,12-13H2,1-2H3,(H2,21,22,23,26). The van der Waals surface area contributed by atoms with Gasteiger partial charge in [-0.1, -0.05) is 12.1 Å². The van der Waals surface area contributed by atoms with E-state index in [1.807, 2.05) is 38.1 Å². The molecule has 0 saturated carbocycles. The maximum atomic E-state index is 12.4. The second-order valence-corrected chi connectivity index (χ2v) is 6.63. The minimum absolute atomic E-state index is 0.132. The van der Waals surface area contributed by atoms with Gasteiger partial charge in [0.05, 0.1) is 42.6 Å². The van der Waals surface area contributed by atoms with Crippen LogP contribution < -0.4 is 15.5 Å². The van der Waals surface area contributed by atoms with E-state index in [0.717, 1.165) is 24.5 Å². The first-order valence-corrected chi connectivity index (χ1v) is 9.03. The molecule has 1 fully saturated rings. The van der Waals surface area contributed by atoms with Crippen molar-refractivity contribution in [2.45, 2.75) is 39.0 Å². The number of carbonyl (C=O) groups is 1. The number of carbonyl (C=O) groups excluding carboxylic acids is 1. The lowest BCUT2D eigenvalue weighted by molar-refractivity contribution is -0.00517. The number of para-hydroxylation sites is 2. The summed E-state index contributed by atoms with van der Waals surface area (Å²) in [6.45, 7) is 6.14. The lowest BCUT2D eigenvalue weighted by Gasteiger charge is -2.37. The van der Waals surface area contributed by atoms with Crippen LogP contribution in [0.2, 0.25) is 0 Å². The molecule has 0 aliphatic carbocycles. The van der Waals surface area contributed by atoms with Crippen LogP contribution in [0.5, 0.6) is 0 Å². The molecule has 8 heteroatoms. The van der Waals surface area contributed by atoms with Gasteiger partial charge in [-0.2, -0.15) is 10.4 Å². The number of nitrogens with zero attached hydrogens (tertiary/aromatic N) is 4. The summed E-state index contributed by atoms with van der Waals surface area (Å²) in [6.07, 6.45) is 2.37. The first kappa shape index (κ1) is 18.7. The zero-order valence-corrected chi connectivity index (χ0v) is 15.6. The Labute approximate surface area is 158 Å². The topological polar surface area (TPSA) is 95.2 Å². The van der Waals surface area contributed by atoms with Crippen LogP contribution >= 0.6 is 0 Å². The summed E-state index contributed by atoms with van der Waals surface area (Å²) < 4.78 is 7.42. The maximum absolute atomic E-state index is 12.4. The molecule has 142 valence electrons. The summed E-state index contributed by atoms with van der Waals surface area (Å²) in [5, 5.41) is 18.5. The smallest absolute Gasteiger partial charge is 0.324 e. The molecule has 0 radical (unpaired) electrons. The Morgan fingerprint density at radius 3 is 2.74 bits per heavy atom. The Balaban J connectivity index is 1.66. The fraction of sp³-hybridized carbons (Fsp3) is 0.421. The van der Waals surface area contributed by atoms with Crippen molar-refractivity contribution in [3.8, 4) is 6.07 Å². The van der Waals surface area contributed by atoms with Gasteiger partial charge >= 0.3 is 6.03 Å². The number of hydrogen-bond donors (Lipinski definition) is 2. The van der Waals surface area contributed by atoms with E-state index in [0.29, 0.717) is 18.8 Å². The summed E-state index contributed by atoms with van der Waals surface area (Å²) in [7, 11) is 0. The zero-order valence-electron chi connectivity index (χ0n) is 15.6. The second kappa shape index (κ2) is 8.56. The highest BCUT2D eigenvalue weighted by atomic mass is 16.5. The quantitative estimate of drug-likeness (QED) is 0.846. The van der Waals surface area contributed by atoms with Crippen LogP contribution in [0.25, 0.3) is 0 Å². The van der Waals surface area contributed by atoms with E-state index in [2.05, 4.69) is 26.7 Å². The number of nitrogens with one attached hydrogen (secondary N) is 2. The third kappa shape index (κ3) is 4.99. The molecule has 0 spiro atoms. The molecule has 1 aliphatic rings. The molecule has 27 heavy (non-hydrogen) atoms. The Hall–Kier alpha value is -3.05. The molecule has 2 aromatic rings. The molecule has 1 aromatic carbocycles. The van der Waals surface area contributed by atoms with E-state index in [-0.39, 0.29) is 18.2 Å². The largest absolute Gasteiger partial charge is 0.372 e. The molecule has 2 unspecified atom stereocenters. The second-order valence-electron chi connectivity index (χ2n) is 6.63. The minimum atomic E-state index is -0.359. The van der Waals surface area contributed by atoms with Crippen LogP contribution in [0.3, 0.4) is 0 Å². The molecule has 1 saturated heterocycles. The fourth-order valence-electron chi connectivity index (χ4n) is 3.22. The van der Waals surface area contributed by atoms with E-state index in [1.54, 1.807) is 16.9 Å². The average molecular weight is 368 g/mol. The molecular weight excluding hydrogens is 344 g/mol. The van der Waals surface area contributed by atoms with Gasteiger partial charge in [0, 0.05) is 25.4 Å². The van der Waals surface area contributed by atoms with Crippen LogP contribution in [-0.2, 0) is 11.3 Å². The summed E-state index contributed by atoms with van der Waals surface area (Å²) in [4.78, 5) is 14.6. The Morgan fingerprint density at radius 1 is 1.26 bits per heavy atom. The molecule has 2 atom stereocenters. The number of nitriles is 1. The van der Waals surface area contributed by atoms with Gasteiger partial charge < -0.3 is 15.0 Å². The van der Waals surface area contributed by atoms with E-state index < -0.39 is 0 Å². The predicted octanol–water partition coefficient (Wildman–Crippen LogP) is 3.05. The van der Waals surface area contributed by atoms with E-state index in [9.17, 15) is 4.79 Å². The third-order valence-electron chi connectivity index (χ3n) is 4.25. The highest BCUT2D eigenvalue weighted by Crippen LogP contribution is 2.28. The number of urea groups is 1. The van der Waals surface area contributed by atoms with Crippen molar-refractivity contribution >= 4 is 23.2 Å². The van der Waals surface area contributed by atoms with Crippen molar-refractivity contribution < 1.29 is 9.53 Å². The Kier molecular flexibility index (Phi) is 5.94. The van der Waals surface area contributed by atoms with E-state index in [4.69, 9.17) is 10.00 Å². The fourth-order valence-corrected chi connectivity index (χ4v) is 3.22. The molecule has 1 aromatic heterocycles. The zero-order chi connectivity index (χ0) is 19.2. The van der Waals surface area contributed by atoms with Gasteiger partial charge in [0.1, 0.15) is 0 Å². The number of benzene rings is 1. The summed E-state index contributed by atoms with van der Waals surface area (Å²) in [6, 6.07) is 11.1. The Morgan fingerprint density at radius 2 is 2.00 bits per heavy atom. The van der Waals surface area contributed by atoms with Crippen LogP contribution in [0.1, 0.15) is 20.3 Å². The number of aromatic nitrogens is 2. The van der Waals surface area contributed by atoms with Crippen molar-refractivity contribution in [1.29, 1.82) is 5.26 Å². The van der Waals surface area contributed by atoms with Crippen molar-refractivity contribution in [2.24, 2.45) is 0 Å². The SMILES string of the molecule is CC1CN(c2ccccc2NC(=O)Nc2ccn(CCC#N)n2)CC(C)O1. The molecule has 2 amide bonds. The molecule has 8 nitrogen and oxygen atoms in total. The van der Waals surface area contributed by atoms with Gasteiger partial charge in [0.2, 0.25) is 0 Å². The molecule has 3 rings (SSSR count).